The fraction of sp³-hybridized carbons (Fsp3) is 0.562. The predicted octanol–water partition coefficient (Wildman–Crippen LogP) is 1.63. The number of carbonyl (C=O) groups is 1. The number of benzene rings is 1. The van der Waals surface area contributed by atoms with E-state index in [0.717, 1.165) is 38.5 Å². The van der Waals surface area contributed by atoms with Crippen LogP contribution in [-0.2, 0) is 4.79 Å². The number of ether oxygens (including phenoxy) is 2. The fourth-order valence-corrected chi connectivity index (χ4v) is 2.45. The van der Waals surface area contributed by atoms with Gasteiger partial charge >= 0.3 is 0 Å². The maximum Gasteiger partial charge on any atom is 0.263 e. The molecule has 5 heteroatoms. The lowest BCUT2D eigenvalue weighted by Crippen LogP contribution is -2.51. The quantitative estimate of drug-likeness (QED) is 0.827. The summed E-state index contributed by atoms with van der Waals surface area (Å²) in [6.07, 6.45) is -0.466. The molecule has 1 amide bonds. The third-order valence-electron chi connectivity index (χ3n) is 3.85. The second-order valence-corrected chi connectivity index (χ2v) is 5.20. The van der Waals surface area contributed by atoms with Crippen LogP contribution in [0.5, 0.6) is 11.5 Å². The van der Waals surface area contributed by atoms with Gasteiger partial charge in [-0.3, -0.25) is 4.79 Å². The van der Waals surface area contributed by atoms with Crippen molar-refractivity contribution in [2.75, 3.05) is 39.8 Å². The lowest BCUT2D eigenvalue weighted by Gasteiger charge is -2.35. The molecule has 116 valence electrons. The molecule has 1 aliphatic rings. The molecule has 2 rings (SSSR count). The van der Waals surface area contributed by atoms with E-state index in [-0.39, 0.29) is 5.91 Å². The van der Waals surface area contributed by atoms with Crippen molar-refractivity contribution < 1.29 is 14.3 Å². The normalized spacial score (nSPS) is 17.4. The molecule has 0 unspecified atom stereocenters. The van der Waals surface area contributed by atoms with Crippen LogP contribution in [0.15, 0.2) is 24.3 Å². The van der Waals surface area contributed by atoms with Crippen LogP contribution >= 0.6 is 0 Å². The summed E-state index contributed by atoms with van der Waals surface area (Å²) in [4.78, 5) is 16.6. The molecule has 1 atom stereocenters. The lowest BCUT2D eigenvalue weighted by atomic mass is 10.2. The Labute approximate surface area is 126 Å². The molecular formula is C16H24N2O3. The first-order valence-corrected chi connectivity index (χ1v) is 7.46. The molecule has 1 fully saturated rings. The summed E-state index contributed by atoms with van der Waals surface area (Å²) in [5, 5.41) is 0. The van der Waals surface area contributed by atoms with Gasteiger partial charge < -0.3 is 19.3 Å². The van der Waals surface area contributed by atoms with Crippen molar-refractivity contribution in [2.45, 2.75) is 20.0 Å². The van der Waals surface area contributed by atoms with E-state index >= 15 is 0 Å². The summed E-state index contributed by atoms with van der Waals surface area (Å²) < 4.78 is 10.8. The van der Waals surface area contributed by atoms with Crippen LogP contribution in [0.1, 0.15) is 13.8 Å². The Balaban J connectivity index is 1.87. The zero-order valence-electron chi connectivity index (χ0n) is 13.0. The second-order valence-electron chi connectivity index (χ2n) is 5.20. The van der Waals surface area contributed by atoms with Gasteiger partial charge in [-0.05, 0) is 37.7 Å². The summed E-state index contributed by atoms with van der Waals surface area (Å²) >= 11 is 0. The molecule has 1 heterocycles. The van der Waals surface area contributed by atoms with Gasteiger partial charge in [0.2, 0.25) is 0 Å². The number of carbonyl (C=O) groups excluding carboxylic acids is 1. The standard InChI is InChI=1S/C16H24N2O3/c1-4-17-9-11-18(12-10-17)16(19)13(2)21-15-7-5-14(20-3)6-8-15/h5-8,13H,4,9-12H2,1-3H3/t13-/m0/s1. The Morgan fingerprint density at radius 2 is 1.71 bits per heavy atom. The van der Waals surface area contributed by atoms with Gasteiger partial charge in [-0.1, -0.05) is 6.92 Å². The first-order chi connectivity index (χ1) is 10.1. The summed E-state index contributed by atoms with van der Waals surface area (Å²) in [6, 6.07) is 7.29. The Morgan fingerprint density at radius 1 is 1.14 bits per heavy atom. The van der Waals surface area contributed by atoms with Gasteiger partial charge in [0.05, 0.1) is 7.11 Å². The molecule has 0 N–H and O–H groups in total. The van der Waals surface area contributed by atoms with Crippen molar-refractivity contribution in [3.63, 3.8) is 0 Å². The van der Waals surface area contributed by atoms with E-state index in [1.165, 1.54) is 0 Å². The maximum absolute atomic E-state index is 12.4. The van der Waals surface area contributed by atoms with Crippen LogP contribution in [0, 0.1) is 0 Å². The molecular weight excluding hydrogens is 268 g/mol. The Morgan fingerprint density at radius 3 is 2.24 bits per heavy atom. The van der Waals surface area contributed by atoms with Gasteiger partial charge in [-0.2, -0.15) is 0 Å². The smallest absolute Gasteiger partial charge is 0.263 e. The minimum absolute atomic E-state index is 0.0570. The van der Waals surface area contributed by atoms with Crippen molar-refractivity contribution >= 4 is 5.91 Å². The van der Waals surface area contributed by atoms with Crippen LogP contribution in [0.2, 0.25) is 0 Å². The van der Waals surface area contributed by atoms with Gasteiger partial charge in [0, 0.05) is 26.2 Å². The highest BCUT2D eigenvalue weighted by atomic mass is 16.5. The van der Waals surface area contributed by atoms with Crippen molar-refractivity contribution in [2.24, 2.45) is 0 Å². The molecule has 1 aliphatic heterocycles. The van der Waals surface area contributed by atoms with Crippen molar-refractivity contribution in [1.29, 1.82) is 0 Å². The Kier molecular flexibility index (Phi) is 5.44. The number of likely N-dealkylation sites (N-methyl/N-ethyl adjacent to an activating group) is 1. The molecule has 1 saturated heterocycles. The van der Waals surface area contributed by atoms with Crippen LogP contribution in [-0.4, -0.2) is 61.6 Å². The van der Waals surface area contributed by atoms with Gasteiger partial charge in [-0.15, -0.1) is 0 Å². The predicted molar refractivity (Wildman–Crippen MR) is 81.8 cm³/mol. The number of hydrogen-bond acceptors (Lipinski definition) is 4. The van der Waals surface area contributed by atoms with Gasteiger partial charge in [0.1, 0.15) is 11.5 Å². The Bertz CT molecular complexity index is 453. The molecule has 0 aliphatic carbocycles. The summed E-state index contributed by atoms with van der Waals surface area (Å²) in [5.41, 5.74) is 0. The molecule has 1 aromatic carbocycles. The largest absolute Gasteiger partial charge is 0.497 e. The maximum atomic E-state index is 12.4. The van der Waals surface area contributed by atoms with Gasteiger partial charge in [0.25, 0.3) is 5.91 Å². The average Bonchev–Trinajstić information content (AvgIpc) is 2.55. The van der Waals surface area contributed by atoms with Gasteiger partial charge in [0.15, 0.2) is 6.10 Å². The summed E-state index contributed by atoms with van der Waals surface area (Å²) in [7, 11) is 1.62. The number of amides is 1. The van der Waals surface area contributed by atoms with E-state index in [9.17, 15) is 4.79 Å². The summed E-state index contributed by atoms with van der Waals surface area (Å²) in [5.74, 6) is 1.52. The topological polar surface area (TPSA) is 42.0 Å². The zero-order valence-corrected chi connectivity index (χ0v) is 13.0. The van der Waals surface area contributed by atoms with E-state index < -0.39 is 6.10 Å². The number of rotatable bonds is 5. The highest BCUT2D eigenvalue weighted by Crippen LogP contribution is 2.18. The van der Waals surface area contributed by atoms with Crippen molar-refractivity contribution in [1.82, 2.24) is 9.80 Å². The first-order valence-electron chi connectivity index (χ1n) is 7.46. The second kappa shape index (κ2) is 7.31. The number of hydrogen-bond donors (Lipinski definition) is 0. The number of piperazine rings is 1. The molecule has 0 spiro atoms. The monoisotopic (exact) mass is 292 g/mol. The SMILES string of the molecule is CCN1CCN(C(=O)[C@H](C)Oc2ccc(OC)cc2)CC1. The Hall–Kier alpha value is -1.75. The molecule has 0 saturated carbocycles. The minimum Gasteiger partial charge on any atom is -0.497 e. The average molecular weight is 292 g/mol. The van der Waals surface area contributed by atoms with Crippen LogP contribution in [0.3, 0.4) is 0 Å². The van der Waals surface area contributed by atoms with Crippen LogP contribution < -0.4 is 9.47 Å². The van der Waals surface area contributed by atoms with Crippen LogP contribution in [0.25, 0.3) is 0 Å². The van der Waals surface area contributed by atoms with Crippen LogP contribution in [0.4, 0.5) is 0 Å². The fourth-order valence-electron chi connectivity index (χ4n) is 2.45. The van der Waals surface area contributed by atoms with E-state index in [1.807, 2.05) is 29.2 Å². The van der Waals surface area contributed by atoms with E-state index in [0.29, 0.717) is 5.75 Å². The number of methoxy groups -OCH3 is 1. The first kappa shape index (κ1) is 15.6. The van der Waals surface area contributed by atoms with E-state index in [2.05, 4.69) is 11.8 Å². The number of nitrogens with zero attached hydrogens (tertiary/aromatic N) is 2. The molecule has 0 aromatic heterocycles. The molecule has 5 nitrogen and oxygen atoms in total. The van der Waals surface area contributed by atoms with E-state index in [1.54, 1.807) is 14.0 Å². The molecule has 0 radical (unpaired) electrons. The highest BCUT2D eigenvalue weighted by molar-refractivity contribution is 5.81. The highest BCUT2D eigenvalue weighted by Gasteiger charge is 2.25. The van der Waals surface area contributed by atoms with Crippen molar-refractivity contribution in [3.8, 4) is 11.5 Å². The molecule has 21 heavy (non-hydrogen) atoms. The van der Waals surface area contributed by atoms with E-state index in [4.69, 9.17) is 9.47 Å². The lowest BCUT2D eigenvalue weighted by molar-refractivity contribution is -0.139. The van der Waals surface area contributed by atoms with Gasteiger partial charge in [-0.25, -0.2) is 0 Å². The third-order valence-corrected chi connectivity index (χ3v) is 3.85. The minimum atomic E-state index is -0.466. The molecule has 0 bridgehead atoms. The zero-order chi connectivity index (χ0) is 15.2. The summed E-state index contributed by atoms with van der Waals surface area (Å²) in [6.45, 7) is 8.44. The third kappa shape index (κ3) is 4.11. The molecule has 1 aromatic rings. The van der Waals surface area contributed by atoms with Crippen molar-refractivity contribution in [3.05, 3.63) is 24.3 Å².